The Morgan fingerprint density at radius 2 is 1.27 bits per heavy atom. The van der Waals surface area contributed by atoms with E-state index in [0.717, 1.165) is 15.5 Å². The Morgan fingerprint density at radius 1 is 0.909 bits per heavy atom. The molecular formula is C14H32Cl4N2O2. The van der Waals surface area contributed by atoms with Crippen molar-refractivity contribution in [1.82, 2.24) is 0 Å². The zero-order valence-electron chi connectivity index (χ0n) is 14.3. The first-order valence-corrected chi connectivity index (χ1v) is 7.75. The largest absolute Gasteiger partial charge is 1.00 e. The maximum atomic E-state index is 9.24. The molecule has 0 aliphatic rings. The third kappa shape index (κ3) is 23.0. The molecule has 2 unspecified atom stereocenters. The molecule has 2 N–H and O–H groups in total. The van der Waals surface area contributed by atoms with Crippen LogP contribution in [0.15, 0.2) is 12.7 Å². The lowest BCUT2D eigenvalue weighted by molar-refractivity contribution is -0.887. The summed E-state index contributed by atoms with van der Waals surface area (Å²) in [5, 5.41) is 18.3. The molecule has 22 heavy (non-hydrogen) atoms. The van der Waals surface area contributed by atoms with Crippen LogP contribution in [0.5, 0.6) is 0 Å². The molecule has 0 amide bonds. The number of likely N-dealkylation sites (N-methyl/N-ethyl adjacent to an activating group) is 2. The van der Waals surface area contributed by atoms with Crippen molar-refractivity contribution in [2.24, 2.45) is 0 Å². The van der Waals surface area contributed by atoms with Gasteiger partial charge in [-0.25, -0.2) is 0 Å². The summed E-state index contributed by atoms with van der Waals surface area (Å²) in [5.41, 5.74) is 0. The highest BCUT2D eigenvalue weighted by Gasteiger charge is 2.17. The summed E-state index contributed by atoms with van der Waals surface area (Å²) in [4.78, 5) is 0. The van der Waals surface area contributed by atoms with E-state index in [1.165, 1.54) is 0 Å². The topological polar surface area (TPSA) is 40.5 Å². The monoisotopic (exact) mass is 400 g/mol. The summed E-state index contributed by atoms with van der Waals surface area (Å²) >= 11 is 10.9. The van der Waals surface area contributed by atoms with Gasteiger partial charge in [0.2, 0.25) is 0 Å². The summed E-state index contributed by atoms with van der Waals surface area (Å²) in [5.74, 6) is 0.633. The van der Waals surface area contributed by atoms with Crippen molar-refractivity contribution in [3.05, 3.63) is 12.7 Å². The third-order valence-corrected chi connectivity index (χ3v) is 3.16. The van der Waals surface area contributed by atoms with Crippen molar-refractivity contribution < 1.29 is 44.0 Å². The Morgan fingerprint density at radius 3 is 1.50 bits per heavy atom. The predicted octanol–water partition coefficient (Wildman–Crippen LogP) is -4.85. The number of aliphatic hydroxyl groups is 2. The molecule has 0 bridgehead atoms. The number of rotatable bonds is 8. The highest BCUT2D eigenvalue weighted by molar-refractivity contribution is 6.18. The van der Waals surface area contributed by atoms with Crippen molar-refractivity contribution in [1.29, 1.82) is 0 Å². The SMILES string of the molecule is C=CC[N+](C)(C)CC(O)CCl.C[N+](C)(C)CC(O)CCl.[Cl-].[Cl-]. The molecule has 0 aliphatic heterocycles. The second-order valence-corrected chi connectivity index (χ2v) is 7.30. The van der Waals surface area contributed by atoms with E-state index in [2.05, 4.69) is 6.58 Å². The van der Waals surface area contributed by atoms with Crippen LogP contribution >= 0.6 is 23.2 Å². The summed E-state index contributed by atoms with van der Waals surface area (Å²) in [6, 6.07) is 0. The van der Waals surface area contributed by atoms with E-state index in [0.29, 0.717) is 24.8 Å². The Labute approximate surface area is 158 Å². The molecule has 0 aromatic rings. The molecule has 8 heteroatoms. The lowest BCUT2D eigenvalue weighted by Gasteiger charge is -2.29. The van der Waals surface area contributed by atoms with Gasteiger partial charge in [0.15, 0.2) is 0 Å². The number of quaternary nitrogens is 2. The number of hydrogen-bond acceptors (Lipinski definition) is 2. The fourth-order valence-corrected chi connectivity index (χ4v) is 1.92. The average molecular weight is 402 g/mol. The van der Waals surface area contributed by atoms with Crippen LogP contribution in [-0.2, 0) is 0 Å². The Bertz CT molecular complexity index is 262. The number of aliphatic hydroxyl groups excluding tert-OH is 2. The molecule has 0 rings (SSSR count). The number of nitrogens with zero attached hydrogens (tertiary/aromatic N) is 2. The molecule has 2 atom stereocenters. The molecule has 0 heterocycles. The quantitative estimate of drug-likeness (QED) is 0.243. The van der Waals surface area contributed by atoms with E-state index >= 15 is 0 Å². The lowest BCUT2D eigenvalue weighted by Crippen LogP contribution is -3.00. The number of hydrogen-bond donors (Lipinski definition) is 2. The van der Waals surface area contributed by atoms with Crippen LogP contribution in [0.3, 0.4) is 0 Å². The molecular weight excluding hydrogens is 370 g/mol. The molecule has 138 valence electrons. The van der Waals surface area contributed by atoms with Crippen molar-refractivity contribution in [2.75, 3.05) is 66.6 Å². The van der Waals surface area contributed by atoms with E-state index < -0.39 is 6.10 Å². The van der Waals surface area contributed by atoms with Crippen molar-refractivity contribution in [3.63, 3.8) is 0 Å². The fraction of sp³-hybridized carbons (Fsp3) is 0.857. The molecule has 0 spiro atoms. The van der Waals surface area contributed by atoms with Crippen LogP contribution in [-0.4, -0.2) is 98.0 Å². The van der Waals surface area contributed by atoms with Gasteiger partial charge in [-0.2, -0.15) is 0 Å². The van der Waals surface area contributed by atoms with Crippen molar-refractivity contribution in [3.8, 4) is 0 Å². The van der Waals surface area contributed by atoms with E-state index in [-0.39, 0.29) is 30.9 Å². The summed E-state index contributed by atoms with van der Waals surface area (Å²) in [7, 11) is 10.1. The standard InChI is InChI=1S/C8H17ClNO.C6H15ClNO.2ClH/c1-4-5-10(2,3)7-8(11)6-9;1-8(2,3)5-6(9)4-7;;/h4,8,11H,1,5-7H2,2-3H3;6,9H,4-5H2,1-3H3;2*1H/q2*+1;;/p-2. The molecule has 0 saturated heterocycles. The van der Waals surface area contributed by atoms with Gasteiger partial charge in [-0.3, -0.25) is 0 Å². The minimum atomic E-state index is -0.411. The third-order valence-electron chi connectivity index (χ3n) is 2.44. The molecule has 0 aromatic carbocycles. The first-order valence-electron chi connectivity index (χ1n) is 6.69. The predicted molar refractivity (Wildman–Crippen MR) is 88.4 cm³/mol. The van der Waals surface area contributed by atoms with E-state index in [9.17, 15) is 5.11 Å². The van der Waals surface area contributed by atoms with Crippen LogP contribution in [0.2, 0.25) is 0 Å². The van der Waals surface area contributed by atoms with Gasteiger partial charge >= 0.3 is 0 Å². The molecule has 0 aromatic heterocycles. The van der Waals surface area contributed by atoms with Crippen LogP contribution in [0.4, 0.5) is 0 Å². The molecule has 4 nitrogen and oxygen atoms in total. The molecule has 0 radical (unpaired) electrons. The van der Waals surface area contributed by atoms with E-state index in [1.807, 2.05) is 41.3 Å². The van der Waals surface area contributed by atoms with Crippen molar-refractivity contribution >= 4 is 23.2 Å². The highest BCUT2D eigenvalue weighted by atomic mass is 35.5. The van der Waals surface area contributed by atoms with Crippen LogP contribution in [0.25, 0.3) is 0 Å². The molecule has 0 aliphatic carbocycles. The summed E-state index contributed by atoms with van der Waals surface area (Å²) in [6.07, 6.45) is 1.07. The van der Waals surface area contributed by atoms with Gasteiger partial charge in [-0.1, -0.05) is 6.58 Å². The Balaban J connectivity index is -0.000000137. The normalized spacial score (nSPS) is 13.7. The molecule has 0 saturated carbocycles. The lowest BCUT2D eigenvalue weighted by atomic mass is 10.3. The van der Waals surface area contributed by atoms with Gasteiger partial charge in [-0.15, -0.1) is 23.2 Å². The van der Waals surface area contributed by atoms with Gasteiger partial charge in [-0.05, 0) is 6.08 Å². The Hall–Kier alpha value is 0.740. The summed E-state index contributed by atoms with van der Waals surface area (Å²) < 4.78 is 1.49. The van der Waals surface area contributed by atoms with E-state index in [1.54, 1.807) is 0 Å². The van der Waals surface area contributed by atoms with Gasteiger partial charge in [0.25, 0.3) is 0 Å². The minimum Gasteiger partial charge on any atom is -1.00 e. The second kappa shape index (κ2) is 15.3. The first-order chi connectivity index (χ1) is 8.97. The van der Waals surface area contributed by atoms with Gasteiger partial charge in [0.05, 0.1) is 53.5 Å². The minimum absolute atomic E-state index is 0. The number of halogens is 4. The fourth-order valence-electron chi connectivity index (χ4n) is 1.72. The maximum Gasteiger partial charge on any atom is 0.116 e. The zero-order chi connectivity index (χ0) is 16.4. The van der Waals surface area contributed by atoms with Crippen LogP contribution in [0.1, 0.15) is 0 Å². The zero-order valence-corrected chi connectivity index (χ0v) is 17.3. The van der Waals surface area contributed by atoms with Gasteiger partial charge in [0.1, 0.15) is 25.3 Å². The average Bonchev–Trinajstić information content (AvgIpc) is 2.26. The van der Waals surface area contributed by atoms with Crippen LogP contribution < -0.4 is 24.8 Å². The second-order valence-electron chi connectivity index (χ2n) is 6.68. The first kappa shape index (κ1) is 30.6. The van der Waals surface area contributed by atoms with Gasteiger partial charge in [0, 0.05) is 0 Å². The highest BCUT2D eigenvalue weighted by Crippen LogP contribution is 2.01. The Kier molecular flexibility index (Phi) is 21.3. The smallest absolute Gasteiger partial charge is 0.116 e. The maximum absolute atomic E-state index is 9.24. The summed E-state index contributed by atoms with van der Waals surface area (Å²) in [6.45, 7) is 5.89. The molecule has 0 fully saturated rings. The van der Waals surface area contributed by atoms with Crippen LogP contribution in [0, 0.1) is 0 Å². The van der Waals surface area contributed by atoms with Gasteiger partial charge < -0.3 is 44.0 Å². The number of alkyl halides is 2. The van der Waals surface area contributed by atoms with E-state index in [4.69, 9.17) is 28.3 Å². The van der Waals surface area contributed by atoms with Crippen molar-refractivity contribution in [2.45, 2.75) is 12.2 Å².